The number of ether oxygens (including phenoxy) is 1. The van der Waals surface area contributed by atoms with Gasteiger partial charge in [0.25, 0.3) is 5.91 Å². The number of rotatable bonds is 2. The summed E-state index contributed by atoms with van der Waals surface area (Å²) in [6, 6.07) is 3.45. The highest BCUT2D eigenvalue weighted by molar-refractivity contribution is 7.99. The van der Waals surface area contributed by atoms with Gasteiger partial charge >= 0.3 is 0 Å². The number of nitrogen functional groups attached to an aromatic ring is 1. The Morgan fingerprint density at radius 2 is 2.33 bits per heavy atom. The third kappa shape index (κ3) is 1.97. The van der Waals surface area contributed by atoms with E-state index < -0.39 is 0 Å². The molecule has 4 N–H and O–H groups in total. The summed E-state index contributed by atoms with van der Waals surface area (Å²) < 4.78 is 5.27. The minimum absolute atomic E-state index is 0.0149. The van der Waals surface area contributed by atoms with Crippen molar-refractivity contribution in [3.8, 4) is 5.75 Å². The van der Waals surface area contributed by atoms with E-state index in [4.69, 9.17) is 10.5 Å². The number of aromatic nitrogens is 3. The van der Waals surface area contributed by atoms with Gasteiger partial charge in [0.05, 0.1) is 5.69 Å². The van der Waals surface area contributed by atoms with Gasteiger partial charge in [-0.05, 0) is 17.8 Å². The smallest absolute Gasteiger partial charge is 0.262 e. The lowest BCUT2D eigenvalue weighted by atomic mass is 10.2. The fraction of sp³-hybridized carbons (Fsp3) is 0.100. The first kappa shape index (κ1) is 10.9. The molecule has 2 heterocycles. The van der Waals surface area contributed by atoms with Crippen LogP contribution >= 0.6 is 11.8 Å². The van der Waals surface area contributed by atoms with Gasteiger partial charge in [-0.25, -0.2) is 4.98 Å². The molecule has 0 saturated heterocycles. The minimum Gasteiger partial charge on any atom is -0.482 e. The molecular weight excluding hydrogens is 254 g/mol. The van der Waals surface area contributed by atoms with Gasteiger partial charge < -0.3 is 15.8 Å². The molecule has 1 amide bonds. The van der Waals surface area contributed by atoms with E-state index in [-0.39, 0.29) is 12.5 Å². The summed E-state index contributed by atoms with van der Waals surface area (Å²) in [5.74, 6) is 0.400. The standard InChI is InChI=1S/C10H9N5O2S/c11-5-1-7-6(14-9(16)3-17-7)2-8(5)18-10-12-4-13-15-10/h1-2,4H,3,11H2,(H,14,16)(H,12,13,15). The van der Waals surface area contributed by atoms with Crippen molar-refractivity contribution in [1.29, 1.82) is 0 Å². The van der Waals surface area contributed by atoms with Gasteiger partial charge in [-0.15, -0.1) is 0 Å². The Hall–Kier alpha value is -2.22. The Bertz CT molecular complexity index is 599. The molecule has 92 valence electrons. The molecule has 0 bridgehead atoms. The van der Waals surface area contributed by atoms with Gasteiger partial charge in [-0.3, -0.25) is 9.89 Å². The van der Waals surface area contributed by atoms with Crippen LogP contribution in [-0.4, -0.2) is 27.7 Å². The van der Waals surface area contributed by atoms with Crippen LogP contribution in [-0.2, 0) is 4.79 Å². The maximum atomic E-state index is 11.2. The number of hydrogen-bond donors (Lipinski definition) is 3. The number of carbonyl (C=O) groups excluding carboxylic acids is 1. The molecule has 8 heteroatoms. The van der Waals surface area contributed by atoms with Crippen LogP contribution in [0.3, 0.4) is 0 Å². The maximum absolute atomic E-state index is 11.2. The van der Waals surface area contributed by atoms with E-state index in [1.807, 2.05) is 0 Å². The average molecular weight is 263 g/mol. The summed E-state index contributed by atoms with van der Waals surface area (Å²) in [7, 11) is 0. The Labute approximate surface area is 106 Å². The second-order valence-electron chi connectivity index (χ2n) is 3.62. The van der Waals surface area contributed by atoms with E-state index >= 15 is 0 Å². The Kier molecular flexibility index (Phi) is 2.56. The van der Waals surface area contributed by atoms with Crippen molar-refractivity contribution in [3.63, 3.8) is 0 Å². The number of anilines is 2. The topological polar surface area (TPSA) is 106 Å². The SMILES string of the molecule is Nc1cc2c(cc1Sc1ncn[nH]1)NC(=O)CO2. The first-order valence-electron chi connectivity index (χ1n) is 5.12. The lowest BCUT2D eigenvalue weighted by Crippen LogP contribution is -2.25. The molecule has 7 nitrogen and oxygen atoms in total. The van der Waals surface area contributed by atoms with Crippen LogP contribution in [0.4, 0.5) is 11.4 Å². The highest BCUT2D eigenvalue weighted by Crippen LogP contribution is 2.38. The maximum Gasteiger partial charge on any atom is 0.262 e. The molecule has 18 heavy (non-hydrogen) atoms. The van der Waals surface area contributed by atoms with Gasteiger partial charge in [-0.2, -0.15) is 5.10 Å². The van der Waals surface area contributed by atoms with Crippen LogP contribution in [0.1, 0.15) is 0 Å². The summed E-state index contributed by atoms with van der Waals surface area (Å²) in [5, 5.41) is 9.84. The highest BCUT2D eigenvalue weighted by Gasteiger charge is 2.18. The number of benzene rings is 1. The van der Waals surface area contributed by atoms with Crippen molar-refractivity contribution in [3.05, 3.63) is 18.5 Å². The Morgan fingerprint density at radius 3 is 3.11 bits per heavy atom. The van der Waals surface area contributed by atoms with Gasteiger partial charge in [0.2, 0.25) is 0 Å². The number of hydrogen-bond acceptors (Lipinski definition) is 6. The van der Waals surface area contributed by atoms with Crippen molar-refractivity contribution in [2.24, 2.45) is 0 Å². The van der Waals surface area contributed by atoms with E-state index in [9.17, 15) is 4.79 Å². The molecule has 0 radical (unpaired) electrons. The number of nitrogens with one attached hydrogen (secondary N) is 2. The molecule has 2 aromatic rings. The van der Waals surface area contributed by atoms with Crippen LogP contribution in [0, 0.1) is 0 Å². The zero-order valence-electron chi connectivity index (χ0n) is 9.14. The van der Waals surface area contributed by atoms with E-state index in [0.29, 0.717) is 22.3 Å². The molecule has 0 spiro atoms. The quantitative estimate of drug-likeness (QED) is 0.694. The van der Waals surface area contributed by atoms with Crippen molar-refractivity contribution < 1.29 is 9.53 Å². The summed E-state index contributed by atoms with van der Waals surface area (Å²) >= 11 is 1.33. The van der Waals surface area contributed by atoms with Crippen LogP contribution < -0.4 is 15.8 Å². The van der Waals surface area contributed by atoms with E-state index in [1.165, 1.54) is 18.1 Å². The number of amides is 1. The molecule has 0 saturated carbocycles. The molecule has 1 aliphatic heterocycles. The van der Waals surface area contributed by atoms with Crippen molar-refractivity contribution in [1.82, 2.24) is 15.2 Å². The summed E-state index contributed by atoms with van der Waals surface area (Å²) in [6.45, 7) is 0.0149. The minimum atomic E-state index is -0.178. The number of H-pyrrole nitrogens is 1. The largest absolute Gasteiger partial charge is 0.482 e. The van der Waals surface area contributed by atoms with E-state index in [2.05, 4.69) is 20.5 Å². The second-order valence-corrected chi connectivity index (χ2v) is 4.65. The molecule has 1 aromatic carbocycles. The van der Waals surface area contributed by atoms with Gasteiger partial charge in [-0.1, -0.05) is 0 Å². The monoisotopic (exact) mass is 263 g/mol. The lowest BCUT2D eigenvalue weighted by Gasteiger charge is -2.19. The molecule has 0 atom stereocenters. The fourth-order valence-electron chi connectivity index (χ4n) is 1.56. The highest BCUT2D eigenvalue weighted by atomic mass is 32.2. The molecule has 0 fully saturated rings. The predicted molar refractivity (Wildman–Crippen MR) is 65.5 cm³/mol. The zero-order valence-corrected chi connectivity index (χ0v) is 9.95. The predicted octanol–water partition coefficient (Wildman–Crippen LogP) is 0.869. The molecule has 0 unspecified atom stereocenters. The third-order valence-corrected chi connectivity index (χ3v) is 3.31. The first-order chi connectivity index (χ1) is 8.72. The van der Waals surface area contributed by atoms with Crippen molar-refractivity contribution >= 4 is 29.0 Å². The Balaban J connectivity index is 1.95. The summed E-state index contributed by atoms with van der Waals surface area (Å²) in [4.78, 5) is 16.0. The van der Waals surface area contributed by atoms with Crippen LogP contribution in [0.25, 0.3) is 0 Å². The molecule has 1 aromatic heterocycles. The van der Waals surface area contributed by atoms with Crippen molar-refractivity contribution in [2.75, 3.05) is 17.7 Å². The lowest BCUT2D eigenvalue weighted by molar-refractivity contribution is -0.118. The van der Waals surface area contributed by atoms with Crippen molar-refractivity contribution in [2.45, 2.75) is 10.1 Å². The second kappa shape index (κ2) is 4.22. The van der Waals surface area contributed by atoms with E-state index in [0.717, 1.165) is 4.90 Å². The Morgan fingerprint density at radius 1 is 1.44 bits per heavy atom. The van der Waals surface area contributed by atoms with Crippen LogP contribution in [0.15, 0.2) is 28.5 Å². The zero-order chi connectivity index (χ0) is 12.5. The number of fused-ring (bicyclic) bond motifs is 1. The average Bonchev–Trinajstić information content (AvgIpc) is 2.83. The van der Waals surface area contributed by atoms with E-state index in [1.54, 1.807) is 12.1 Å². The molecule has 1 aliphatic rings. The van der Waals surface area contributed by atoms with Gasteiger partial charge in [0, 0.05) is 16.6 Å². The molecule has 3 rings (SSSR count). The third-order valence-electron chi connectivity index (χ3n) is 2.34. The van der Waals surface area contributed by atoms with Gasteiger partial charge in [0.15, 0.2) is 11.8 Å². The summed E-state index contributed by atoms with van der Waals surface area (Å²) in [6.07, 6.45) is 1.42. The number of nitrogens with zero attached hydrogens (tertiary/aromatic N) is 2. The molecular formula is C10H9N5O2S. The fourth-order valence-corrected chi connectivity index (χ4v) is 2.32. The van der Waals surface area contributed by atoms with Crippen LogP contribution in [0.2, 0.25) is 0 Å². The van der Waals surface area contributed by atoms with Gasteiger partial charge in [0.1, 0.15) is 12.1 Å². The molecule has 0 aliphatic carbocycles. The number of nitrogens with two attached hydrogens (primary N) is 1. The first-order valence-corrected chi connectivity index (χ1v) is 5.93. The number of carbonyl (C=O) groups is 1. The van der Waals surface area contributed by atoms with Crippen LogP contribution in [0.5, 0.6) is 5.75 Å². The normalized spacial score (nSPS) is 13.7. The summed E-state index contributed by atoms with van der Waals surface area (Å²) in [5.41, 5.74) is 7.10. The number of aromatic amines is 1.